The second-order valence-electron chi connectivity index (χ2n) is 6.18. The fourth-order valence-corrected chi connectivity index (χ4v) is 5.98. The molecule has 2 aromatic rings. The van der Waals surface area contributed by atoms with Crippen LogP contribution in [0.1, 0.15) is 12.5 Å². The molecule has 1 heterocycles. The van der Waals surface area contributed by atoms with Crippen molar-refractivity contribution in [3.63, 3.8) is 0 Å². The van der Waals surface area contributed by atoms with Crippen molar-refractivity contribution in [2.45, 2.75) is 6.92 Å². The van der Waals surface area contributed by atoms with E-state index in [1.807, 2.05) is 19.1 Å². The zero-order valence-electron chi connectivity index (χ0n) is 15.9. The Kier molecular flexibility index (Phi) is 8.69. The highest BCUT2D eigenvalue weighted by molar-refractivity contribution is 14.1. The Labute approximate surface area is 223 Å². The Morgan fingerprint density at radius 1 is 1.29 bits per heavy atom. The summed E-state index contributed by atoms with van der Waals surface area (Å²) in [4.78, 5) is 38.8. The third-order valence-corrected chi connectivity index (χ3v) is 7.56. The van der Waals surface area contributed by atoms with E-state index >= 15 is 0 Å². The number of halogens is 4. The Morgan fingerprint density at radius 3 is 2.71 bits per heavy atom. The molecule has 162 valence electrons. The number of benzene rings is 2. The van der Waals surface area contributed by atoms with Gasteiger partial charge < -0.3 is 10.1 Å². The van der Waals surface area contributed by atoms with Gasteiger partial charge in [-0.25, -0.2) is 0 Å². The summed E-state index contributed by atoms with van der Waals surface area (Å²) in [5.74, 6) is -0.365. The molecule has 1 aliphatic rings. The van der Waals surface area contributed by atoms with E-state index in [0.717, 1.165) is 23.8 Å². The number of hydrogen-bond donors (Lipinski definition) is 1. The molecule has 1 saturated heterocycles. The number of amides is 3. The van der Waals surface area contributed by atoms with Crippen LogP contribution >= 0.6 is 84.5 Å². The topological polar surface area (TPSA) is 75.7 Å². The number of ether oxygens (including phenoxy) is 1. The molecule has 3 amide bonds. The van der Waals surface area contributed by atoms with E-state index in [4.69, 9.17) is 16.3 Å². The highest BCUT2D eigenvalue weighted by atomic mass is 127. The normalized spacial score (nSPS) is 15.0. The number of rotatable bonds is 6. The molecule has 3 rings (SSSR count). The molecule has 2 aromatic carbocycles. The molecule has 0 radical (unpaired) electrons. The van der Waals surface area contributed by atoms with Crippen molar-refractivity contribution in [2.75, 3.05) is 18.5 Å². The maximum absolute atomic E-state index is 12.8. The van der Waals surface area contributed by atoms with Crippen molar-refractivity contribution in [3.8, 4) is 5.75 Å². The van der Waals surface area contributed by atoms with Gasteiger partial charge in [-0.2, -0.15) is 0 Å². The van der Waals surface area contributed by atoms with E-state index in [9.17, 15) is 14.4 Å². The van der Waals surface area contributed by atoms with E-state index in [1.54, 1.807) is 24.3 Å². The minimum atomic E-state index is -0.518. The number of nitrogens with zero attached hydrogens (tertiary/aromatic N) is 1. The lowest BCUT2D eigenvalue weighted by molar-refractivity contribution is -0.127. The van der Waals surface area contributed by atoms with Crippen LogP contribution in [0, 0.1) is 7.14 Å². The van der Waals surface area contributed by atoms with Gasteiger partial charge in [-0.05, 0) is 116 Å². The first-order valence-corrected chi connectivity index (χ1v) is 13.0. The van der Waals surface area contributed by atoms with E-state index in [2.05, 4.69) is 66.4 Å². The first kappa shape index (κ1) is 24.8. The third-order valence-electron chi connectivity index (χ3n) is 3.99. The maximum Gasteiger partial charge on any atom is 0.294 e. The summed E-state index contributed by atoms with van der Waals surface area (Å²) < 4.78 is 8.29. The van der Waals surface area contributed by atoms with Gasteiger partial charge in [-0.15, -0.1) is 0 Å². The van der Waals surface area contributed by atoms with Crippen molar-refractivity contribution in [3.05, 3.63) is 57.4 Å². The summed E-state index contributed by atoms with van der Waals surface area (Å²) >= 11 is 14.5. The molecule has 0 saturated carbocycles. The summed E-state index contributed by atoms with van der Waals surface area (Å²) in [6, 6.07) is 8.78. The molecular formula is C20H14BrClI2N2O4S. The van der Waals surface area contributed by atoms with Crippen molar-refractivity contribution in [2.24, 2.45) is 0 Å². The Hall–Kier alpha value is -0.830. The van der Waals surface area contributed by atoms with E-state index in [0.29, 0.717) is 33.1 Å². The zero-order chi connectivity index (χ0) is 22.7. The minimum absolute atomic E-state index is 0.239. The van der Waals surface area contributed by atoms with Crippen LogP contribution in [0.4, 0.5) is 10.5 Å². The minimum Gasteiger partial charge on any atom is -0.492 e. The van der Waals surface area contributed by atoms with Crippen molar-refractivity contribution < 1.29 is 19.1 Å². The van der Waals surface area contributed by atoms with Gasteiger partial charge in [0.1, 0.15) is 12.3 Å². The number of imide groups is 1. The fraction of sp³-hybridized carbons (Fsp3) is 0.150. The van der Waals surface area contributed by atoms with Crippen LogP contribution in [-0.2, 0) is 9.59 Å². The number of carbonyl (C=O) groups excluding carboxylic acids is 3. The SMILES string of the molecule is CCOc1c(I)cc(I)cc1/C=C1/SC(=O)N(CC(=O)Nc2ccc(Br)c(Cl)c2)C1=O. The predicted octanol–water partition coefficient (Wildman–Crippen LogP) is 6.39. The quantitative estimate of drug-likeness (QED) is 0.274. The van der Waals surface area contributed by atoms with E-state index < -0.39 is 23.6 Å². The van der Waals surface area contributed by atoms with Gasteiger partial charge in [-0.1, -0.05) is 11.6 Å². The number of carbonyl (C=O) groups is 3. The Morgan fingerprint density at radius 2 is 2.03 bits per heavy atom. The molecular weight excluding hydrogens is 733 g/mol. The van der Waals surface area contributed by atoms with Gasteiger partial charge in [0.15, 0.2) is 0 Å². The standard InChI is InChI=1S/C20H14BrClI2N2O4S/c1-2-30-18-10(5-11(23)7-15(18)24)6-16-19(28)26(20(29)31-16)9-17(27)25-12-3-4-13(21)14(22)8-12/h3-8H,2,9H2,1H3,(H,25,27)/b16-6+. The second kappa shape index (κ2) is 10.9. The van der Waals surface area contributed by atoms with Gasteiger partial charge in [0.25, 0.3) is 11.1 Å². The van der Waals surface area contributed by atoms with Crippen LogP contribution < -0.4 is 10.1 Å². The average Bonchev–Trinajstić information content (AvgIpc) is 2.95. The van der Waals surface area contributed by atoms with Crippen LogP contribution in [0.2, 0.25) is 5.02 Å². The molecule has 6 nitrogen and oxygen atoms in total. The molecule has 11 heteroatoms. The second-order valence-corrected chi connectivity index (χ2v) is 10.8. The molecule has 0 unspecified atom stereocenters. The van der Waals surface area contributed by atoms with Crippen molar-refractivity contribution >= 4 is 113 Å². The molecule has 0 aliphatic carbocycles. The van der Waals surface area contributed by atoms with Gasteiger partial charge in [-0.3, -0.25) is 19.3 Å². The lowest BCUT2D eigenvalue weighted by Crippen LogP contribution is -2.36. The van der Waals surface area contributed by atoms with Crippen LogP contribution in [0.5, 0.6) is 5.75 Å². The average molecular weight is 748 g/mol. The van der Waals surface area contributed by atoms with Crippen LogP contribution in [0.15, 0.2) is 39.7 Å². The zero-order valence-corrected chi connectivity index (χ0v) is 23.4. The molecule has 0 aromatic heterocycles. The predicted molar refractivity (Wildman–Crippen MR) is 144 cm³/mol. The van der Waals surface area contributed by atoms with Crippen LogP contribution in [0.3, 0.4) is 0 Å². The Bertz CT molecular complexity index is 1110. The summed E-state index contributed by atoms with van der Waals surface area (Å²) in [6.45, 7) is 1.96. The van der Waals surface area contributed by atoms with Gasteiger partial charge in [0.05, 0.1) is 20.1 Å². The van der Waals surface area contributed by atoms with Gasteiger partial charge >= 0.3 is 0 Å². The summed E-state index contributed by atoms with van der Waals surface area (Å²) in [6.07, 6.45) is 1.63. The van der Waals surface area contributed by atoms with Crippen molar-refractivity contribution in [1.82, 2.24) is 4.90 Å². The lowest BCUT2D eigenvalue weighted by atomic mass is 10.2. The fourth-order valence-electron chi connectivity index (χ4n) is 2.68. The number of anilines is 1. The molecule has 31 heavy (non-hydrogen) atoms. The maximum atomic E-state index is 12.8. The molecule has 0 atom stereocenters. The molecule has 1 N–H and O–H groups in total. The smallest absolute Gasteiger partial charge is 0.294 e. The van der Waals surface area contributed by atoms with Gasteiger partial charge in [0.2, 0.25) is 5.91 Å². The number of hydrogen-bond acceptors (Lipinski definition) is 5. The summed E-state index contributed by atoms with van der Waals surface area (Å²) in [5.41, 5.74) is 1.17. The van der Waals surface area contributed by atoms with Crippen LogP contribution in [0.25, 0.3) is 6.08 Å². The monoisotopic (exact) mass is 746 g/mol. The summed E-state index contributed by atoms with van der Waals surface area (Å²) in [5, 5.41) is 2.58. The molecule has 1 aliphatic heterocycles. The highest BCUT2D eigenvalue weighted by Crippen LogP contribution is 2.36. The van der Waals surface area contributed by atoms with Gasteiger partial charge in [0, 0.05) is 19.3 Å². The molecule has 0 bridgehead atoms. The number of nitrogens with one attached hydrogen (secondary N) is 1. The number of thioether (sulfide) groups is 1. The lowest BCUT2D eigenvalue weighted by Gasteiger charge is -2.13. The largest absolute Gasteiger partial charge is 0.492 e. The Balaban J connectivity index is 1.78. The first-order valence-electron chi connectivity index (χ1n) is 8.81. The molecule has 1 fully saturated rings. The van der Waals surface area contributed by atoms with E-state index in [-0.39, 0.29) is 4.91 Å². The highest BCUT2D eigenvalue weighted by Gasteiger charge is 2.36. The summed E-state index contributed by atoms with van der Waals surface area (Å²) in [7, 11) is 0. The third kappa shape index (κ3) is 6.15. The van der Waals surface area contributed by atoms with Crippen LogP contribution in [-0.4, -0.2) is 35.1 Å². The van der Waals surface area contributed by atoms with E-state index in [1.165, 1.54) is 0 Å². The molecule has 0 spiro atoms. The first-order chi connectivity index (χ1) is 14.7. The van der Waals surface area contributed by atoms with Crippen molar-refractivity contribution in [1.29, 1.82) is 0 Å².